The molecule has 0 aromatic carbocycles. The lowest BCUT2D eigenvalue weighted by atomic mass is 9.35. The van der Waals surface area contributed by atoms with Crippen LogP contribution in [0.25, 0.3) is 0 Å². The molecule has 4 nitrogen and oxygen atoms in total. The van der Waals surface area contributed by atoms with Gasteiger partial charge in [-0.15, -0.1) is 0 Å². The fraction of sp³-hybridized carbons (Fsp3) is 0.967. The van der Waals surface area contributed by atoms with Crippen LogP contribution in [0.15, 0.2) is 0 Å². The van der Waals surface area contributed by atoms with E-state index in [2.05, 4.69) is 41.5 Å². The molecule has 5 fully saturated rings. The highest BCUT2D eigenvalue weighted by atomic mass is 16.5. The molecule has 1 saturated heterocycles. The number of hydrogen-bond donors (Lipinski definition) is 2. The Morgan fingerprint density at radius 2 is 1.53 bits per heavy atom. The number of carbonyl (C=O) groups excluding carboxylic acids is 1. The summed E-state index contributed by atoms with van der Waals surface area (Å²) in [4.78, 5) is 12.9. The number of ketones is 1. The third-order valence-electron chi connectivity index (χ3n) is 13.0. The van der Waals surface area contributed by atoms with Crippen LogP contribution >= 0.6 is 0 Å². The molecule has 194 valence electrons. The molecule has 2 N–H and O–H groups in total. The molecule has 0 bridgehead atoms. The van der Waals surface area contributed by atoms with Crippen LogP contribution in [0.2, 0.25) is 0 Å². The fourth-order valence-corrected chi connectivity index (χ4v) is 10.9. The van der Waals surface area contributed by atoms with Crippen LogP contribution in [0.1, 0.15) is 113 Å². The summed E-state index contributed by atoms with van der Waals surface area (Å²) in [6.45, 7) is 17.8. The van der Waals surface area contributed by atoms with Gasteiger partial charge >= 0.3 is 0 Å². The average molecular weight is 475 g/mol. The number of ether oxygens (including phenoxy) is 1. The first-order chi connectivity index (χ1) is 15.5. The Morgan fingerprint density at radius 1 is 0.882 bits per heavy atom. The van der Waals surface area contributed by atoms with Gasteiger partial charge in [-0.05, 0) is 112 Å². The molecular weight excluding hydrogens is 424 g/mol. The van der Waals surface area contributed by atoms with Crippen LogP contribution in [0, 0.1) is 45.3 Å². The normalized spacial score (nSPS) is 54.9. The highest BCUT2D eigenvalue weighted by molar-refractivity contribution is 5.85. The lowest BCUT2D eigenvalue weighted by molar-refractivity contribution is -0.235. The molecule has 10 atom stereocenters. The highest BCUT2D eigenvalue weighted by Crippen LogP contribution is 2.75. The van der Waals surface area contributed by atoms with Gasteiger partial charge in [-0.1, -0.05) is 34.6 Å². The van der Waals surface area contributed by atoms with Crippen LogP contribution in [0.4, 0.5) is 0 Å². The van der Waals surface area contributed by atoms with Gasteiger partial charge in [0, 0.05) is 11.8 Å². The van der Waals surface area contributed by atoms with E-state index in [1.807, 2.05) is 13.8 Å². The maximum Gasteiger partial charge on any atom is 0.138 e. The first-order valence-electron chi connectivity index (χ1n) is 14.1. The Hall–Kier alpha value is -0.450. The summed E-state index contributed by atoms with van der Waals surface area (Å²) in [6.07, 6.45) is 8.43. The Balaban J connectivity index is 1.49. The molecular formula is C30H50O4. The zero-order valence-corrected chi connectivity index (χ0v) is 23.0. The van der Waals surface area contributed by atoms with Crippen molar-refractivity contribution in [1.82, 2.24) is 0 Å². The average Bonchev–Trinajstić information content (AvgIpc) is 3.30. The summed E-state index contributed by atoms with van der Waals surface area (Å²) in [7, 11) is 0. The van der Waals surface area contributed by atoms with Crippen molar-refractivity contribution in [2.75, 3.05) is 0 Å². The lowest BCUT2D eigenvalue weighted by Gasteiger charge is -2.69. The predicted octanol–water partition coefficient (Wildman–Crippen LogP) is 5.92. The van der Waals surface area contributed by atoms with E-state index in [0.29, 0.717) is 30.0 Å². The molecule has 5 rings (SSSR count). The minimum atomic E-state index is -0.833. The van der Waals surface area contributed by atoms with Crippen molar-refractivity contribution in [1.29, 1.82) is 0 Å². The minimum Gasteiger partial charge on any atom is -0.393 e. The van der Waals surface area contributed by atoms with E-state index in [-0.39, 0.29) is 45.4 Å². The van der Waals surface area contributed by atoms with Gasteiger partial charge in [0.2, 0.25) is 0 Å². The van der Waals surface area contributed by atoms with Crippen LogP contribution in [-0.2, 0) is 9.53 Å². The van der Waals surface area contributed by atoms with Gasteiger partial charge in [-0.25, -0.2) is 0 Å². The number of aliphatic hydroxyl groups is 2. The maximum absolute atomic E-state index is 12.9. The molecule has 5 aliphatic rings. The number of hydrogen-bond acceptors (Lipinski definition) is 4. The van der Waals surface area contributed by atoms with Crippen molar-refractivity contribution in [2.24, 2.45) is 45.3 Å². The van der Waals surface area contributed by atoms with Crippen LogP contribution < -0.4 is 0 Å². The predicted molar refractivity (Wildman–Crippen MR) is 134 cm³/mol. The van der Waals surface area contributed by atoms with Gasteiger partial charge in [-0.3, -0.25) is 4.79 Å². The molecule has 0 spiro atoms. The summed E-state index contributed by atoms with van der Waals surface area (Å²) >= 11 is 0. The van der Waals surface area contributed by atoms with Crippen LogP contribution in [-0.4, -0.2) is 39.4 Å². The Kier molecular flexibility index (Phi) is 5.42. The number of Topliss-reactive ketones (excluding diaryl/α,β-unsaturated/α-hetero) is 1. The second kappa shape index (κ2) is 7.32. The molecule has 0 unspecified atom stereocenters. The Labute approximate surface area is 207 Å². The van der Waals surface area contributed by atoms with Gasteiger partial charge in [0.15, 0.2) is 0 Å². The second-order valence-electron chi connectivity index (χ2n) is 15.2. The van der Waals surface area contributed by atoms with Crippen molar-refractivity contribution >= 4 is 5.78 Å². The number of rotatable bonds is 2. The van der Waals surface area contributed by atoms with Crippen molar-refractivity contribution in [2.45, 2.75) is 137 Å². The van der Waals surface area contributed by atoms with E-state index < -0.39 is 5.60 Å². The molecule has 1 aliphatic heterocycles. The second-order valence-corrected chi connectivity index (χ2v) is 15.2. The molecule has 0 amide bonds. The molecule has 4 aliphatic carbocycles. The van der Waals surface area contributed by atoms with Crippen LogP contribution in [0.5, 0.6) is 0 Å². The first-order valence-corrected chi connectivity index (χ1v) is 14.1. The monoisotopic (exact) mass is 474 g/mol. The summed E-state index contributed by atoms with van der Waals surface area (Å²) < 4.78 is 6.65. The maximum atomic E-state index is 12.9. The summed E-state index contributed by atoms with van der Waals surface area (Å²) in [6, 6.07) is 0. The summed E-state index contributed by atoms with van der Waals surface area (Å²) in [5.41, 5.74) is -1.03. The van der Waals surface area contributed by atoms with Crippen molar-refractivity contribution < 1.29 is 19.7 Å². The van der Waals surface area contributed by atoms with Gasteiger partial charge < -0.3 is 14.9 Å². The van der Waals surface area contributed by atoms with Gasteiger partial charge in [0.1, 0.15) is 5.78 Å². The van der Waals surface area contributed by atoms with Gasteiger partial charge in [0.25, 0.3) is 0 Å². The van der Waals surface area contributed by atoms with E-state index in [1.54, 1.807) is 0 Å². The van der Waals surface area contributed by atoms with Crippen LogP contribution in [0.3, 0.4) is 0 Å². The number of aliphatic hydroxyl groups excluding tert-OH is 1. The molecule has 1 heterocycles. The van der Waals surface area contributed by atoms with Crippen molar-refractivity contribution in [3.63, 3.8) is 0 Å². The van der Waals surface area contributed by atoms with E-state index >= 15 is 0 Å². The van der Waals surface area contributed by atoms with Crippen molar-refractivity contribution in [3.8, 4) is 0 Å². The number of carbonyl (C=O) groups is 1. The zero-order valence-electron chi connectivity index (χ0n) is 23.0. The largest absolute Gasteiger partial charge is 0.393 e. The zero-order chi connectivity index (χ0) is 25.1. The van der Waals surface area contributed by atoms with E-state index in [4.69, 9.17) is 4.74 Å². The fourth-order valence-electron chi connectivity index (χ4n) is 10.9. The Bertz CT molecular complexity index is 858. The highest BCUT2D eigenvalue weighted by Gasteiger charge is 2.71. The first kappa shape index (κ1) is 25.2. The van der Waals surface area contributed by atoms with E-state index in [1.165, 1.54) is 0 Å². The van der Waals surface area contributed by atoms with Gasteiger partial charge in [0.05, 0.1) is 23.4 Å². The Morgan fingerprint density at radius 3 is 2.15 bits per heavy atom. The summed E-state index contributed by atoms with van der Waals surface area (Å²) in [5, 5.41) is 22.5. The topological polar surface area (TPSA) is 66.8 Å². The third-order valence-corrected chi connectivity index (χ3v) is 13.0. The minimum absolute atomic E-state index is 0.0682. The lowest BCUT2D eigenvalue weighted by Crippen LogP contribution is -2.66. The molecule has 0 aromatic heterocycles. The van der Waals surface area contributed by atoms with Gasteiger partial charge in [-0.2, -0.15) is 0 Å². The van der Waals surface area contributed by atoms with E-state index in [0.717, 1.165) is 51.4 Å². The molecule has 4 heteroatoms. The quantitative estimate of drug-likeness (QED) is 0.521. The standard InChI is InChI=1S/C30H50O4/c1-25(2)20-10-15-28(6)21(27(20,5)13-11-22(25)32)17-19(31)24-18(9-14-29(24,28)7)30(8)16-12-23(34-30)26(3,4)33/h18-21,23-24,31,33H,9-17H2,1-8H3/t18-,19+,20-,21+,23-,24-,27-,28+,29+,30-/m0/s1. The third kappa shape index (κ3) is 3.09. The molecule has 0 radical (unpaired) electrons. The smallest absolute Gasteiger partial charge is 0.138 e. The molecule has 4 saturated carbocycles. The van der Waals surface area contributed by atoms with Crippen molar-refractivity contribution in [3.05, 3.63) is 0 Å². The molecule has 0 aromatic rings. The SMILES string of the molecule is CC(C)(O)[C@@H]1CC[C@@](C)([C@H]2CC[C@]3(C)[C@@H]2[C@H](O)C[C@@H]2[C@@]4(C)CCC(=O)C(C)(C)[C@@H]4CC[C@]23C)O1. The number of fused-ring (bicyclic) bond motifs is 5. The summed E-state index contributed by atoms with van der Waals surface area (Å²) in [5.74, 6) is 1.85. The van der Waals surface area contributed by atoms with E-state index in [9.17, 15) is 15.0 Å². The molecule has 34 heavy (non-hydrogen) atoms.